The second kappa shape index (κ2) is 4.17. The van der Waals surface area contributed by atoms with Crippen LogP contribution in [0.3, 0.4) is 0 Å². The Morgan fingerprint density at radius 2 is 2.27 bits per heavy atom. The second-order valence-corrected chi connectivity index (χ2v) is 3.49. The quantitative estimate of drug-likeness (QED) is 0.608. The fourth-order valence-electron chi connectivity index (χ4n) is 1.59. The van der Waals surface area contributed by atoms with Crippen molar-refractivity contribution in [2.75, 3.05) is 11.9 Å². The Bertz CT molecular complexity index is 471. The van der Waals surface area contributed by atoms with E-state index in [4.69, 9.17) is 0 Å². The minimum atomic E-state index is 0.876. The largest absolute Gasteiger partial charge is 0.355 e. The third-order valence-corrected chi connectivity index (χ3v) is 2.42. The van der Waals surface area contributed by atoms with Gasteiger partial charge in [0, 0.05) is 13.6 Å². The molecule has 0 fully saturated rings. The van der Waals surface area contributed by atoms with Gasteiger partial charge in [-0.2, -0.15) is 0 Å². The molecule has 0 bridgehead atoms. The van der Waals surface area contributed by atoms with Gasteiger partial charge in [-0.1, -0.05) is 18.2 Å². The first-order valence-corrected chi connectivity index (χ1v) is 5.09. The Hall–Kier alpha value is -1.77. The van der Waals surface area contributed by atoms with Crippen LogP contribution in [0.1, 0.15) is 6.42 Å². The van der Waals surface area contributed by atoms with Crippen molar-refractivity contribution in [3.8, 4) is 0 Å². The lowest BCUT2D eigenvalue weighted by Gasteiger charge is -2.03. The van der Waals surface area contributed by atoms with E-state index in [1.165, 1.54) is 0 Å². The van der Waals surface area contributed by atoms with Crippen LogP contribution in [0.4, 0.5) is 5.95 Å². The molecule has 0 atom stereocenters. The van der Waals surface area contributed by atoms with Crippen LogP contribution in [-0.4, -0.2) is 16.1 Å². The van der Waals surface area contributed by atoms with Crippen molar-refractivity contribution in [3.63, 3.8) is 0 Å². The molecule has 0 saturated heterocycles. The fraction of sp³-hybridized carbons (Fsp3) is 0.250. The molecule has 0 saturated carbocycles. The monoisotopic (exact) mass is 201 g/mol. The van der Waals surface area contributed by atoms with Crippen molar-refractivity contribution in [2.24, 2.45) is 7.05 Å². The lowest BCUT2D eigenvalue weighted by Crippen LogP contribution is -2.05. The van der Waals surface area contributed by atoms with E-state index < -0.39 is 0 Å². The van der Waals surface area contributed by atoms with Gasteiger partial charge >= 0.3 is 0 Å². The molecule has 0 radical (unpaired) electrons. The van der Waals surface area contributed by atoms with Crippen LogP contribution in [0.15, 0.2) is 36.9 Å². The number of aryl methyl sites for hydroxylation is 1. The van der Waals surface area contributed by atoms with Crippen molar-refractivity contribution in [3.05, 3.63) is 36.9 Å². The molecule has 0 aliphatic heterocycles. The van der Waals surface area contributed by atoms with Crippen LogP contribution in [0.5, 0.6) is 0 Å². The second-order valence-electron chi connectivity index (χ2n) is 3.49. The fourth-order valence-corrected chi connectivity index (χ4v) is 1.59. The highest BCUT2D eigenvalue weighted by Gasteiger charge is 2.04. The predicted molar refractivity (Wildman–Crippen MR) is 64.0 cm³/mol. The highest BCUT2D eigenvalue weighted by atomic mass is 15.2. The van der Waals surface area contributed by atoms with Gasteiger partial charge in [0.1, 0.15) is 0 Å². The standard InChI is InChI=1S/C12H15N3/c1-3-4-9-13-12-14-10-7-5-6-8-11(10)15(12)2/h3,5-8H,1,4,9H2,2H3,(H,13,14). The summed E-state index contributed by atoms with van der Waals surface area (Å²) in [6, 6.07) is 8.12. The Morgan fingerprint density at radius 3 is 3.00 bits per heavy atom. The van der Waals surface area contributed by atoms with Crippen LogP contribution in [0.25, 0.3) is 11.0 Å². The SMILES string of the molecule is C=CCCNc1nc2ccccc2n1C. The summed E-state index contributed by atoms with van der Waals surface area (Å²) in [5, 5.41) is 3.28. The van der Waals surface area contributed by atoms with E-state index in [0.29, 0.717) is 0 Å². The maximum atomic E-state index is 4.50. The number of fused-ring (bicyclic) bond motifs is 1. The van der Waals surface area contributed by atoms with Gasteiger partial charge in [0.15, 0.2) is 0 Å². The van der Waals surface area contributed by atoms with Crippen LogP contribution in [0.2, 0.25) is 0 Å². The molecule has 0 unspecified atom stereocenters. The molecule has 1 aromatic carbocycles. The highest BCUT2D eigenvalue weighted by Crippen LogP contribution is 2.17. The summed E-state index contributed by atoms with van der Waals surface area (Å²) in [5.41, 5.74) is 2.18. The summed E-state index contributed by atoms with van der Waals surface area (Å²) in [6.45, 7) is 4.57. The summed E-state index contributed by atoms with van der Waals surface area (Å²) in [4.78, 5) is 4.50. The lowest BCUT2D eigenvalue weighted by molar-refractivity contribution is 0.921. The first kappa shape index (κ1) is 9.77. The summed E-state index contributed by atoms with van der Waals surface area (Å²) < 4.78 is 2.07. The minimum Gasteiger partial charge on any atom is -0.355 e. The molecule has 1 aromatic heterocycles. The summed E-state index contributed by atoms with van der Waals surface area (Å²) in [7, 11) is 2.02. The van der Waals surface area contributed by atoms with E-state index in [1.807, 2.05) is 31.3 Å². The maximum Gasteiger partial charge on any atom is 0.203 e. The number of aromatic nitrogens is 2. The topological polar surface area (TPSA) is 29.9 Å². The van der Waals surface area contributed by atoms with E-state index >= 15 is 0 Å². The highest BCUT2D eigenvalue weighted by molar-refractivity contribution is 5.78. The van der Waals surface area contributed by atoms with Gasteiger partial charge in [-0.25, -0.2) is 4.98 Å². The number of nitrogens with zero attached hydrogens (tertiary/aromatic N) is 2. The zero-order chi connectivity index (χ0) is 10.7. The third-order valence-electron chi connectivity index (χ3n) is 2.42. The van der Waals surface area contributed by atoms with Gasteiger partial charge in [-0.15, -0.1) is 6.58 Å². The van der Waals surface area contributed by atoms with Crippen molar-refractivity contribution in [2.45, 2.75) is 6.42 Å². The molecule has 2 rings (SSSR count). The van der Waals surface area contributed by atoms with E-state index in [9.17, 15) is 0 Å². The first-order chi connectivity index (χ1) is 7.33. The van der Waals surface area contributed by atoms with Gasteiger partial charge < -0.3 is 9.88 Å². The molecular weight excluding hydrogens is 186 g/mol. The number of hydrogen-bond donors (Lipinski definition) is 1. The Kier molecular flexibility index (Phi) is 2.72. The molecule has 3 heteroatoms. The van der Waals surface area contributed by atoms with Gasteiger partial charge in [-0.05, 0) is 18.6 Å². The van der Waals surface area contributed by atoms with Crippen LogP contribution >= 0.6 is 0 Å². The van der Waals surface area contributed by atoms with Crippen molar-refractivity contribution in [1.29, 1.82) is 0 Å². The number of benzene rings is 1. The average Bonchev–Trinajstić information content (AvgIpc) is 2.57. The van der Waals surface area contributed by atoms with Gasteiger partial charge in [0.25, 0.3) is 0 Å². The number of para-hydroxylation sites is 2. The molecule has 3 nitrogen and oxygen atoms in total. The predicted octanol–water partition coefficient (Wildman–Crippen LogP) is 2.56. The number of anilines is 1. The third kappa shape index (κ3) is 1.86. The number of rotatable bonds is 4. The van der Waals surface area contributed by atoms with Crippen LogP contribution < -0.4 is 5.32 Å². The molecule has 2 aromatic rings. The maximum absolute atomic E-state index is 4.50. The van der Waals surface area contributed by atoms with Gasteiger partial charge in [-0.3, -0.25) is 0 Å². The summed E-state index contributed by atoms with van der Waals surface area (Å²) in [6.07, 6.45) is 2.85. The van der Waals surface area contributed by atoms with Crippen molar-refractivity contribution in [1.82, 2.24) is 9.55 Å². The summed E-state index contributed by atoms with van der Waals surface area (Å²) >= 11 is 0. The smallest absolute Gasteiger partial charge is 0.203 e. The zero-order valence-electron chi connectivity index (χ0n) is 8.90. The molecule has 0 aliphatic carbocycles. The van der Waals surface area contributed by atoms with E-state index in [2.05, 4.69) is 27.5 Å². The molecule has 78 valence electrons. The van der Waals surface area contributed by atoms with Crippen LogP contribution in [0, 0.1) is 0 Å². The molecule has 0 amide bonds. The molecule has 0 aliphatic rings. The van der Waals surface area contributed by atoms with E-state index in [0.717, 1.165) is 29.9 Å². The number of hydrogen-bond acceptors (Lipinski definition) is 2. The van der Waals surface area contributed by atoms with Crippen molar-refractivity contribution < 1.29 is 0 Å². The molecular formula is C12H15N3. The Morgan fingerprint density at radius 1 is 1.47 bits per heavy atom. The normalized spacial score (nSPS) is 10.5. The molecule has 1 heterocycles. The molecule has 1 N–H and O–H groups in total. The van der Waals surface area contributed by atoms with Gasteiger partial charge in [0.05, 0.1) is 11.0 Å². The van der Waals surface area contributed by atoms with Gasteiger partial charge in [0.2, 0.25) is 5.95 Å². The zero-order valence-corrected chi connectivity index (χ0v) is 8.90. The van der Waals surface area contributed by atoms with E-state index in [1.54, 1.807) is 0 Å². The Balaban J connectivity index is 2.27. The molecule has 15 heavy (non-hydrogen) atoms. The minimum absolute atomic E-state index is 0.876. The number of nitrogens with one attached hydrogen (secondary N) is 1. The molecule has 0 spiro atoms. The summed E-state index contributed by atoms with van der Waals surface area (Å²) in [5.74, 6) is 0.915. The van der Waals surface area contributed by atoms with Crippen LogP contribution in [-0.2, 0) is 7.05 Å². The Labute approximate surface area is 89.4 Å². The number of imidazole rings is 1. The average molecular weight is 201 g/mol. The van der Waals surface area contributed by atoms with Crippen molar-refractivity contribution >= 4 is 17.0 Å². The lowest BCUT2D eigenvalue weighted by atomic mass is 10.3. The first-order valence-electron chi connectivity index (χ1n) is 5.09. The van der Waals surface area contributed by atoms with E-state index in [-0.39, 0.29) is 0 Å².